The molecule has 0 bridgehead atoms. The molecule has 0 aliphatic heterocycles. The second-order valence-electron chi connectivity index (χ2n) is 5.61. The Bertz CT molecular complexity index is 830. The monoisotopic (exact) mass is 391 g/mol. The summed E-state index contributed by atoms with van der Waals surface area (Å²) in [5, 5.41) is 0.100. The summed E-state index contributed by atoms with van der Waals surface area (Å²) in [5.41, 5.74) is 6.90. The summed E-state index contributed by atoms with van der Waals surface area (Å²) in [4.78, 5) is 36.7. The summed E-state index contributed by atoms with van der Waals surface area (Å²) < 4.78 is 14.9. The second kappa shape index (κ2) is 9.18. The minimum Gasteiger partial charge on any atom is -0.465 e. The molecule has 0 aliphatic rings. The van der Waals surface area contributed by atoms with Crippen molar-refractivity contribution < 1.29 is 28.6 Å². The number of nitrogen functional groups attached to an aromatic ring is 1. The summed E-state index contributed by atoms with van der Waals surface area (Å²) >= 11 is 0.891. The highest BCUT2D eigenvalue weighted by atomic mass is 32.1. The second-order valence-corrected chi connectivity index (χ2v) is 6.66. The average Bonchev–Trinajstić information content (AvgIpc) is 3.02. The van der Waals surface area contributed by atoms with Crippen LogP contribution in [0.5, 0.6) is 0 Å². The molecule has 0 fully saturated rings. The maximum Gasteiger partial charge on any atom is 0.348 e. The van der Waals surface area contributed by atoms with E-state index in [1.54, 1.807) is 0 Å². The van der Waals surface area contributed by atoms with Gasteiger partial charge in [0.25, 0.3) is 0 Å². The predicted molar refractivity (Wildman–Crippen MR) is 101 cm³/mol. The molecule has 2 rings (SSSR count). The molecule has 0 amide bonds. The molecular formula is C19H21NO6S. The maximum atomic E-state index is 12.6. The van der Waals surface area contributed by atoms with E-state index in [0.717, 1.165) is 16.9 Å². The highest BCUT2D eigenvalue weighted by Gasteiger charge is 2.29. The molecule has 0 saturated carbocycles. The zero-order valence-electron chi connectivity index (χ0n) is 15.3. The van der Waals surface area contributed by atoms with Crippen molar-refractivity contribution in [3.8, 4) is 0 Å². The normalized spacial score (nSPS) is 11.5. The molecule has 1 atom stereocenters. The highest BCUT2D eigenvalue weighted by Crippen LogP contribution is 2.33. The molecule has 8 heteroatoms. The lowest BCUT2D eigenvalue weighted by atomic mass is 9.97. The highest BCUT2D eigenvalue weighted by molar-refractivity contribution is 7.18. The van der Waals surface area contributed by atoms with Gasteiger partial charge < -0.3 is 19.9 Å². The smallest absolute Gasteiger partial charge is 0.348 e. The number of anilines is 1. The lowest BCUT2D eigenvalue weighted by Crippen LogP contribution is -2.17. The van der Waals surface area contributed by atoms with Crippen LogP contribution >= 0.6 is 11.3 Å². The molecule has 1 heterocycles. The Balaban J connectivity index is 2.29. The van der Waals surface area contributed by atoms with Gasteiger partial charge in [0.15, 0.2) is 0 Å². The molecule has 0 spiro atoms. The number of thiophene rings is 1. The summed E-state index contributed by atoms with van der Waals surface area (Å²) in [7, 11) is 2.42. The van der Waals surface area contributed by atoms with E-state index in [0.29, 0.717) is 6.42 Å². The number of ether oxygens (including phenoxy) is 3. The van der Waals surface area contributed by atoms with Gasteiger partial charge in [-0.15, -0.1) is 11.3 Å². The van der Waals surface area contributed by atoms with Crippen LogP contribution in [0.1, 0.15) is 50.4 Å². The SMILES string of the molecule is CC[C@@H](C(=O)OCc1c(C(=O)OC)sc(N)c1C(=O)OC)c1ccccc1. The minimum absolute atomic E-state index is 0.0171. The van der Waals surface area contributed by atoms with Gasteiger partial charge in [0.1, 0.15) is 22.0 Å². The van der Waals surface area contributed by atoms with Gasteiger partial charge in [0, 0.05) is 5.56 Å². The van der Waals surface area contributed by atoms with Gasteiger partial charge in [0.05, 0.1) is 20.1 Å². The van der Waals surface area contributed by atoms with Gasteiger partial charge in [-0.1, -0.05) is 37.3 Å². The van der Waals surface area contributed by atoms with Gasteiger partial charge in [-0.3, -0.25) is 4.79 Å². The third-order valence-electron chi connectivity index (χ3n) is 4.05. The van der Waals surface area contributed by atoms with Gasteiger partial charge in [0.2, 0.25) is 0 Å². The minimum atomic E-state index is -0.708. The van der Waals surface area contributed by atoms with Gasteiger partial charge in [-0.2, -0.15) is 0 Å². The largest absolute Gasteiger partial charge is 0.465 e. The number of nitrogens with two attached hydrogens (primary N) is 1. The van der Waals surface area contributed by atoms with Crippen molar-refractivity contribution in [1.82, 2.24) is 0 Å². The standard InChI is InChI=1S/C19H21NO6S/c1-4-12(11-8-6-5-7-9-11)17(21)26-10-13-14(18(22)24-2)16(20)27-15(13)19(23)25-3/h5-9,12H,4,10,20H2,1-3H3/t12-/m1/s1. The maximum absolute atomic E-state index is 12.6. The van der Waals surface area contributed by atoms with Crippen LogP contribution in [0.3, 0.4) is 0 Å². The quantitative estimate of drug-likeness (QED) is 0.571. The van der Waals surface area contributed by atoms with E-state index >= 15 is 0 Å². The first-order valence-corrected chi connectivity index (χ1v) is 9.05. The number of carbonyl (C=O) groups excluding carboxylic acids is 3. The topological polar surface area (TPSA) is 105 Å². The number of esters is 3. The first-order valence-electron chi connectivity index (χ1n) is 8.23. The third-order valence-corrected chi connectivity index (χ3v) is 5.09. The molecule has 7 nitrogen and oxygen atoms in total. The van der Waals surface area contributed by atoms with Crippen molar-refractivity contribution in [2.24, 2.45) is 0 Å². The Labute approximate surface area is 161 Å². The van der Waals surface area contributed by atoms with Crippen LogP contribution in [0, 0.1) is 0 Å². The molecule has 144 valence electrons. The Hall–Kier alpha value is -2.87. The molecule has 1 aromatic carbocycles. The van der Waals surface area contributed by atoms with Gasteiger partial charge >= 0.3 is 17.9 Å². The van der Waals surface area contributed by atoms with Crippen molar-refractivity contribution in [3.63, 3.8) is 0 Å². The third kappa shape index (κ3) is 4.46. The van der Waals surface area contributed by atoms with E-state index in [4.69, 9.17) is 19.9 Å². The van der Waals surface area contributed by atoms with Crippen molar-refractivity contribution in [1.29, 1.82) is 0 Å². The number of hydrogen-bond donors (Lipinski definition) is 1. The molecule has 0 unspecified atom stereocenters. The molecule has 1 aromatic heterocycles. The molecule has 0 saturated heterocycles. The van der Waals surface area contributed by atoms with E-state index in [2.05, 4.69) is 0 Å². The van der Waals surface area contributed by atoms with Crippen molar-refractivity contribution >= 4 is 34.2 Å². The van der Waals surface area contributed by atoms with Crippen molar-refractivity contribution in [3.05, 3.63) is 51.9 Å². The number of hydrogen-bond acceptors (Lipinski definition) is 8. The average molecular weight is 391 g/mol. The lowest BCUT2D eigenvalue weighted by Gasteiger charge is -2.15. The first-order chi connectivity index (χ1) is 12.9. The molecule has 2 aromatic rings. The van der Waals surface area contributed by atoms with Crippen LogP contribution in [0.2, 0.25) is 0 Å². The number of methoxy groups -OCH3 is 2. The fourth-order valence-electron chi connectivity index (χ4n) is 2.67. The van der Waals surface area contributed by atoms with Crippen LogP contribution in [-0.4, -0.2) is 32.1 Å². The molecule has 0 radical (unpaired) electrons. The molecule has 0 aliphatic carbocycles. The zero-order valence-corrected chi connectivity index (χ0v) is 16.1. The van der Waals surface area contributed by atoms with Crippen LogP contribution in [0.4, 0.5) is 5.00 Å². The summed E-state index contributed by atoms with van der Waals surface area (Å²) in [6.07, 6.45) is 0.544. The van der Waals surface area contributed by atoms with Crippen LogP contribution in [0.15, 0.2) is 30.3 Å². The Kier molecular flexibility index (Phi) is 6.95. The number of carbonyl (C=O) groups is 3. The molecule has 27 heavy (non-hydrogen) atoms. The Morgan fingerprint density at radius 3 is 2.26 bits per heavy atom. The van der Waals surface area contributed by atoms with Crippen LogP contribution in [-0.2, 0) is 25.6 Å². The van der Waals surface area contributed by atoms with Crippen molar-refractivity contribution in [2.75, 3.05) is 20.0 Å². The summed E-state index contributed by atoms with van der Waals surface area (Å²) in [6.45, 7) is 1.59. The number of benzene rings is 1. The van der Waals surface area contributed by atoms with Crippen LogP contribution in [0.25, 0.3) is 0 Å². The van der Waals surface area contributed by atoms with E-state index in [1.807, 2.05) is 37.3 Å². The van der Waals surface area contributed by atoms with Gasteiger partial charge in [-0.05, 0) is 12.0 Å². The predicted octanol–water partition coefficient (Wildman–Crippen LogP) is 3.14. The molecule has 2 N–H and O–H groups in total. The Morgan fingerprint density at radius 2 is 1.70 bits per heavy atom. The van der Waals surface area contributed by atoms with Crippen molar-refractivity contribution in [2.45, 2.75) is 25.9 Å². The zero-order chi connectivity index (χ0) is 20.0. The van der Waals surface area contributed by atoms with Crippen LogP contribution < -0.4 is 5.73 Å². The van der Waals surface area contributed by atoms with Gasteiger partial charge in [-0.25, -0.2) is 9.59 Å². The fraction of sp³-hybridized carbons (Fsp3) is 0.316. The van der Waals surface area contributed by atoms with E-state index in [-0.39, 0.29) is 27.6 Å². The number of rotatable bonds is 7. The van der Waals surface area contributed by atoms with E-state index in [9.17, 15) is 14.4 Å². The molecular weight excluding hydrogens is 370 g/mol. The van der Waals surface area contributed by atoms with E-state index < -0.39 is 23.8 Å². The fourth-order valence-corrected chi connectivity index (χ4v) is 3.65. The first kappa shape index (κ1) is 20.4. The van der Waals surface area contributed by atoms with E-state index in [1.165, 1.54) is 14.2 Å². The summed E-state index contributed by atoms with van der Waals surface area (Å²) in [6, 6.07) is 9.24. The Morgan fingerprint density at radius 1 is 1.07 bits per heavy atom. The lowest BCUT2D eigenvalue weighted by molar-refractivity contribution is -0.147. The summed E-state index contributed by atoms with van der Waals surface area (Å²) in [5.74, 6) is -2.28.